The van der Waals surface area contributed by atoms with E-state index in [0.29, 0.717) is 17.7 Å². The van der Waals surface area contributed by atoms with Crippen LogP contribution in [0.25, 0.3) is 0 Å². The quantitative estimate of drug-likeness (QED) is 0.754. The van der Waals surface area contributed by atoms with Crippen LogP contribution in [0, 0.1) is 18.6 Å². The Balaban J connectivity index is 3.11. The fourth-order valence-corrected chi connectivity index (χ4v) is 1.46. The van der Waals surface area contributed by atoms with Gasteiger partial charge in [0.1, 0.15) is 11.6 Å². The first kappa shape index (κ1) is 11.9. The van der Waals surface area contributed by atoms with Gasteiger partial charge in [-0.15, -0.1) is 6.58 Å². The summed E-state index contributed by atoms with van der Waals surface area (Å²) in [5, 5.41) is 3.06. The lowest BCUT2D eigenvalue weighted by atomic mass is 10.0. The molecule has 0 spiro atoms. The molecule has 1 unspecified atom stereocenters. The van der Waals surface area contributed by atoms with Crippen LogP contribution in [0.4, 0.5) is 8.78 Å². The zero-order chi connectivity index (χ0) is 11.4. The fourth-order valence-electron chi connectivity index (χ4n) is 1.46. The lowest BCUT2D eigenvalue weighted by Gasteiger charge is -2.15. The van der Waals surface area contributed by atoms with Gasteiger partial charge < -0.3 is 5.32 Å². The number of hydrogen-bond donors (Lipinski definition) is 1. The fraction of sp³-hybridized carbons (Fsp3) is 0.333. The highest BCUT2D eigenvalue weighted by atomic mass is 19.1. The molecule has 82 valence electrons. The van der Waals surface area contributed by atoms with Crippen LogP contribution in [0.1, 0.15) is 24.1 Å². The van der Waals surface area contributed by atoms with Crippen molar-refractivity contribution in [3.05, 3.63) is 47.5 Å². The van der Waals surface area contributed by atoms with Crippen molar-refractivity contribution < 1.29 is 8.78 Å². The number of nitrogens with one attached hydrogen (secondary N) is 1. The monoisotopic (exact) mass is 211 g/mol. The molecule has 0 saturated carbocycles. The van der Waals surface area contributed by atoms with Crippen molar-refractivity contribution in [3.8, 4) is 0 Å². The molecule has 0 saturated heterocycles. The molecule has 1 atom stereocenters. The first-order chi connectivity index (χ1) is 7.10. The van der Waals surface area contributed by atoms with Crippen molar-refractivity contribution in [1.82, 2.24) is 5.32 Å². The lowest BCUT2D eigenvalue weighted by molar-refractivity contribution is 0.543. The molecule has 1 N–H and O–H groups in total. The van der Waals surface area contributed by atoms with E-state index in [9.17, 15) is 8.78 Å². The highest BCUT2D eigenvalue weighted by Gasteiger charge is 2.13. The Labute approximate surface area is 88.8 Å². The van der Waals surface area contributed by atoms with E-state index in [2.05, 4.69) is 11.9 Å². The first-order valence-electron chi connectivity index (χ1n) is 4.91. The molecule has 0 heterocycles. The standard InChI is InChI=1S/C12H15F2N/c1-4-12(15-5-2)9-6-8(3)10(13)7-11(9)14/h4,6-7,12,15H,1,5H2,2-3H3. The second kappa shape index (κ2) is 5.03. The van der Waals surface area contributed by atoms with Crippen LogP contribution in [0.2, 0.25) is 0 Å². The van der Waals surface area contributed by atoms with E-state index in [1.807, 2.05) is 6.92 Å². The van der Waals surface area contributed by atoms with Gasteiger partial charge >= 0.3 is 0 Å². The van der Waals surface area contributed by atoms with Crippen LogP contribution in [-0.4, -0.2) is 6.54 Å². The number of hydrogen-bond acceptors (Lipinski definition) is 1. The van der Waals surface area contributed by atoms with E-state index in [-0.39, 0.29) is 6.04 Å². The van der Waals surface area contributed by atoms with Crippen molar-refractivity contribution in [1.29, 1.82) is 0 Å². The third-order valence-electron chi connectivity index (χ3n) is 2.27. The number of likely N-dealkylation sites (N-methyl/N-ethyl adjacent to an activating group) is 1. The van der Waals surface area contributed by atoms with Gasteiger partial charge in [0, 0.05) is 11.6 Å². The topological polar surface area (TPSA) is 12.0 Å². The molecule has 1 aromatic rings. The minimum atomic E-state index is -0.538. The highest BCUT2D eigenvalue weighted by molar-refractivity contribution is 5.30. The number of aryl methyl sites for hydroxylation is 1. The molecule has 0 fully saturated rings. The van der Waals surface area contributed by atoms with E-state index in [1.54, 1.807) is 13.0 Å². The maximum absolute atomic E-state index is 13.5. The van der Waals surface area contributed by atoms with Crippen LogP contribution in [0.3, 0.4) is 0 Å². The molecule has 0 aliphatic rings. The molecule has 0 bridgehead atoms. The zero-order valence-electron chi connectivity index (χ0n) is 8.98. The number of rotatable bonds is 4. The van der Waals surface area contributed by atoms with Crippen LogP contribution >= 0.6 is 0 Å². The molecule has 1 nitrogen and oxygen atoms in total. The van der Waals surface area contributed by atoms with Crippen molar-refractivity contribution in [2.45, 2.75) is 19.9 Å². The summed E-state index contributed by atoms with van der Waals surface area (Å²) in [5.74, 6) is -1.06. The molecule has 0 aromatic heterocycles. The Hall–Kier alpha value is -1.22. The molecule has 0 aliphatic carbocycles. The summed E-state index contributed by atoms with van der Waals surface area (Å²) in [6.07, 6.45) is 1.61. The molecular formula is C12H15F2N. The summed E-state index contributed by atoms with van der Waals surface area (Å²) in [7, 11) is 0. The van der Waals surface area contributed by atoms with E-state index in [0.717, 1.165) is 6.07 Å². The minimum absolute atomic E-state index is 0.269. The minimum Gasteiger partial charge on any atom is -0.307 e. The van der Waals surface area contributed by atoms with Crippen LogP contribution in [0.15, 0.2) is 24.8 Å². The third kappa shape index (κ3) is 2.63. The van der Waals surface area contributed by atoms with Gasteiger partial charge in [-0.25, -0.2) is 8.78 Å². The molecule has 0 aliphatic heterocycles. The number of benzene rings is 1. The van der Waals surface area contributed by atoms with Crippen LogP contribution in [0.5, 0.6) is 0 Å². The molecule has 15 heavy (non-hydrogen) atoms. The van der Waals surface area contributed by atoms with E-state index < -0.39 is 11.6 Å². The van der Waals surface area contributed by atoms with Crippen molar-refractivity contribution >= 4 is 0 Å². The van der Waals surface area contributed by atoms with E-state index in [1.165, 1.54) is 6.07 Å². The highest BCUT2D eigenvalue weighted by Crippen LogP contribution is 2.21. The molecule has 3 heteroatoms. The Morgan fingerprint density at radius 3 is 2.60 bits per heavy atom. The normalized spacial score (nSPS) is 12.5. The summed E-state index contributed by atoms with van der Waals surface area (Å²) in [5.41, 5.74) is 0.877. The smallest absolute Gasteiger partial charge is 0.131 e. The largest absolute Gasteiger partial charge is 0.307 e. The maximum Gasteiger partial charge on any atom is 0.131 e. The lowest BCUT2D eigenvalue weighted by Crippen LogP contribution is -2.20. The third-order valence-corrected chi connectivity index (χ3v) is 2.27. The van der Waals surface area contributed by atoms with Gasteiger partial charge in [0.25, 0.3) is 0 Å². The summed E-state index contributed by atoms with van der Waals surface area (Å²) in [6.45, 7) is 7.86. The second-order valence-corrected chi connectivity index (χ2v) is 3.39. The summed E-state index contributed by atoms with van der Waals surface area (Å²) in [6, 6.07) is 2.16. The Morgan fingerprint density at radius 2 is 2.07 bits per heavy atom. The Kier molecular flexibility index (Phi) is 3.97. The van der Waals surface area contributed by atoms with Gasteiger partial charge in [-0.1, -0.05) is 13.0 Å². The SMILES string of the molecule is C=CC(NCC)c1cc(C)c(F)cc1F. The predicted molar refractivity (Wildman–Crippen MR) is 57.7 cm³/mol. The van der Waals surface area contributed by atoms with Crippen molar-refractivity contribution in [3.63, 3.8) is 0 Å². The van der Waals surface area contributed by atoms with Crippen LogP contribution < -0.4 is 5.32 Å². The van der Waals surface area contributed by atoms with E-state index in [4.69, 9.17) is 0 Å². The van der Waals surface area contributed by atoms with Crippen molar-refractivity contribution in [2.75, 3.05) is 6.54 Å². The first-order valence-corrected chi connectivity index (χ1v) is 4.91. The van der Waals surface area contributed by atoms with Gasteiger partial charge in [-0.2, -0.15) is 0 Å². The van der Waals surface area contributed by atoms with Gasteiger partial charge in [-0.05, 0) is 25.1 Å². The van der Waals surface area contributed by atoms with Gasteiger partial charge in [0.2, 0.25) is 0 Å². The van der Waals surface area contributed by atoms with E-state index >= 15 is 0 Å². The van der Waals surface area contributed by atoms with Gasteiger partial charge in [0.05, 0.1) is 6.04 Å². The second-order valence-electron chi connectivity index (χ2n) is 3.39. The average molecular weight is 211 g/mol. The van der Waals surface area contributed by atoms with Gasteiger partial charge in [-0.3, -0.25) is 0 Å². The van der Waals surface area contributed by atoms with Crippen molar-refractivity contribution in [2.24, 2.45) is 0 Å². The molecule has 0 radical (unpaired) electrons. The van der Waals surface area contributed by atoms with Crippen LogP contribution in [-0.2, 0) is 0 Å². The Morgan fingerprint density at radius 1 is 1.40 bits per heavy atom. The maximum atomic E-state index is 13.5. The summed E-state index contributed by atoms with van der Waals surface area (Å²) < 4.78 is 26.5. The van der Waals surface area contributed by atoms with Gasteiger partial charge in [0.15, 0.2) is 0 Å². The number of halogens is 2. The average Bonchev–Trinajstić information content (AvgIpc) is 2.20. The molecule has 1 aromatic carbocycles. The predicted octanol–water partition coefficient (Wildman–Crippen LogP) is 3.11. The molecule has 1 rings (SSSR count). The zero-order valence-corrected chi connectivity index (χ0v) is 8.98. The Bertz CT molecular complexity index is 361. The summed E-state index contributed by atoms with van der Waals surface area (Å²) >= 11 is 0. The summed E-state index contributed by atoms with van der Waals surface area (Å²) in [4.78, 5) is 0. The molecule has 0 amide bonds. The molecular weight excluding hydrogens is 196 g/mol.